The number of carbonyl (C=O) groups is 1. The molecule has 1 aromatic heterocycles. The molecule has 0 bridgehead atoms. The lowest BCUT2D eigenvalue weighted by Gasteiger charge is -2.26. The van der Waals surface area contributed by atoms with E-state index in [1.165, 1.54) is 16.4 Å². The number of carbonyl (C=O) groups excluding carboxylic acids is 1. The molecular weight excluding hydrogens is 575 g/mol. The van der Waals surface area contributed by atoms with Gasteiger partial charge in [0.1, 0.15) is 22.2 Å². The maximum atomic E-state index is 13.7. The normalized spacial score (nSPS) is 18.3. The minimum atomic E-state index is -3.88. The van der Waals surface area contributed by atoms with Crippen LogP contribution < -0.4 is 14.5 Å². The number of nitrogens with zero attached hydrogens (tertiary/aromatic N) is 1. The fourth-order valence-electron chi connectivity index (χ4n) is 4.79. The van der Waals surface area contributed by atoms with Crippen LogP contribution in [-0.4, -0.2) is 45.0 Å². The number of sulfonamides is 1. The van der Waals surface area contributed by atoms with E-state index in [0.29, 0.717) is 58.0 Å². The Hall–Kier alpha value is -2.85. The molecule has 5 rings (SSSR count). The zero-order chi connectivity index (χ0) is 28.3. The number of pyridine rings is 1. The van der Waals surface area contributed by atoms with Crippen LogP contribution in [0.3, 0.4) is 0 Å². The molecular formula is C29H31Cl2N2O6S+. The lowest BCUT2D eigenvalue weighted by atomic mass is 10.0. The summed E-state index contributed by atoms with van der Waals surface area (Å²) >= 11 is 12.9. The molecule has 0 radical (unpaired) electrons. The average molecular weight is 607 g/mol. The summed E-state index contributed by atoms with van der Waals surface area (Å²) in [5.41, 5.74) is 1.24. The number of hydrogen-bond donors (Lipinski definition) is 0. The van der Waals surface area contributed by atoms with Crippen molar-refractivity contribution in [2.45, 2.75) is 49.1 Å². The van der Waals surface area contributed by atoms with E-state index in [1.54, 1.807) is 55.9 Å². The van der Waals surface area contributed by atoms with Gasteiger partial charge in [-0.3, -0.25) is 4.79 Å². The van der Waals surface area contributed by atoms with Crippen molar-refractivity contribution in [2.75, 3.05) is 20.3 Å². The largest absolute Gasteiger partial charge is 0.493 e. The van der Waals surface area contributed by atoms with Gasteiger partial charge >= 0.3 is 5.97 Å². The fourth-order valence-corrected chi connectivity index (χ4v) is 6.99. The maximum absolute atomic E-state index is 13.7. The van der Waals surface area contributed by atoms with Gasteiger partial charge in [0, 0.05) is 18.5 Å². The van der Waals surface area contributed by atoms with Crippen LogP contribution in [0.4, 0.5) is 0 Å². The zero-order valence-electron chi connectivity index (χ0n) is 22.0. The summed E-state index contributed by atoms with van der Waals surface area (Å²) in [4.78, 5) is 16.7. The summed E-state index contributed by atoms with van der Waals surface area (Å²) in [5.74, 6) is 1.00. The third kappa shape index (κ3) is 6.38. The number of esters is 1. The quantitative estimate of drug-likeness (QED) is 0.276. The van der Waals surface area contributed by atoms with E-state index in [4.69, 9.17) is 37.4 Å². The van der Waals surface area contributed by atoms with Crippen molar-refractivity contribution >= 4 is 39.2 Å². The van der Waals surface area contributed by atoms with E-state index < -0.39 is 28.1 Å². The number of rotatable bonds is 11. The molecule has 2 heterocycles. The van der Waals surface area contributed by atoms with Gasteiger partial charge in [-0.2, -0.15) is 4.31 Å². The Bertz CT molecular complexity index is 1450. The van der Waals surface area contributed by atoms with Crippen LogP contribution in [0, 0.1) is 5.92 Å². The smallest absolute Gasteiger partial charge is 0.325 e. The maximum Gasteiger partial charge on any atom is 0.325 e. The van der Waals surface area contributed by atoms with Gasteiger partial charge in [0.25, 0.3) is 0 Å². The topological polar surface area (TPSA) is 96.3 Å². The second-order valence-electron chi connectivity index (χ2n) is 10.0. The van der Waals surface area contributed by atoms with Gasteiger partial charge in [-0.05, 0) is 61.4 Å². The highest BCUT2D eigenvalue weighted by molar-refractivity contribution is 7.89. The number of H-pyrrole nitrogens is 1. The molecule has 8 nitrogen and oxygen atoms in total. The fraction of sp³-hybridized carbons (Fsp3) is 0.379. The first-order chi connectivity index (χ1) is 19.3. The molecule has 2 aromatic carbocycles. The molecule has 1 aliphatic carbocycles. The van der Waals surface area contributed by atoms with E-state index in [9.17, 15) is 13.2 Å². The molecule has 1 saturated carbocycles. The van der Waals surface area contributed by atoms with E-state index >= 15 is 0 Å². The summed E-state index contributed by atoms with van der Waals surface area (Å²) in [6.07, 6.45) is 5.73. The molecule has 1 N–H and O–H groups in total. The first-order valence-electron chi connectivity index (χ1n) is 13.2. The summed E-state index contributed by atoms with van der Waals surface area (Å²) < 4.78 is 45.6. The first-order valence-corrected chi connectivity index (χ1v) is 15.4. The van der Waals surface area contributed by atoms with Gasteiger partial charge in [0.2, 0.25) is 10.0 Å². The number of nitrogens with one attached hydrogen (secondary N) is 1. The van der Waals surface area contributed by atoms with Gasteiger partial charge in [-0.25, -0.2) is 13.4 Å². The Morgan fingerprint density at radius 2 is 1.77 bits per heavy atom. The monoisotopic (exact) mass is 605 g/mol. The van der Waals surface area contributed by atoms with Crippen molar-refractivity contribution in [3.8, 4) is 11.5 Å². The molecule has 1 aliphatic heterocycles. The average Bonchev–Trinajstić information content (AvgIpc) is 3.65. The van der Waals surface area contributed by atoms with Crippen molar-refractivity contribution < 1.29 is 32.4 Å². The molecule has 1 saturated heterocycles. The molecule has 0 amide bonds. The van der Waals surface area contributed by atoms with Crippen LogP contribution in [0.2, 0.25) is 10.0 Å². The molecule has 212 valence electrons. The molecule has 2 aliphatic rings. The van der Waals surface area contributed by atoms with E-state index in [0.717, 1.165) is 12.8 Å². The van der Waals surface area contributed by atoms with Crippen LogP contribution in [0.25, 0.3) is 0 Å². The highest BCUT2D eigenvalue weighted by Crippen LogP contribution is 2.38. The molecule has 2 fully saturated rings. The number of benzene rings is 2. The van der Waals surface area contributed by atoms with Crippen molar-refractivity contribution in [3.05, 3.63) is 82.1 Å². The Labute approximate surface area is 244 Å². The summed E-state index contributed by atoms with van der Waals surface area (Å²) in [7, 11) is -2.31. The van der Waals surface area contributed by atoms with Crippen molar-refractivity contribution in [3.63, 3.8) is 0 Å². The first kappa shape index (κ1) is 28.7. The Morgan fingerprint density at radius 1 is 1.05 bits per heavy atom. The highest BCUT2D eigenvalue weighted by Gasteiger charge is 2.41. The Kier molecular flexibility index (Phi) is 8.85. The minimum Gasteiger partial charge on any atom is -0.493 e. The second-order valence-corrected chi connectivity index (χ2v) is 12.7. The predicted molar refractivity (Wildman–Crippen MR) is 150 cm³/mol. The number of aromatic amines is 1. The van der Waals surface area contributed by atoms with E-state index in [1.807, 2.05) is 0 Å². The molecule has 40 heavy (non-hydrogen) atoms. The second kappa shape index (κ2) is 12.3. The molecule has 3 aromatic rings. The van der Waals surface area contributed by atoms with Crippen LogP contribution in [0.5, 0.6) is 11.5 Å². The van der Waals surface area contributed by atoms with Gasteiger partial charge in [-0.15, -0.1) is 0 Å². The molecule has 0 spiro atoms. The van der Waals surface area contributed by atoms with Gasteiger partial charge in [-0.1, -0.05) is 47.5 Å². The van der Waals surface area contributed by atoms with Gasteiger partial charge in [0.15, 0.2) is 23.9 Å². The molecule has 2 atom stereocenters. The van der Waals surface area contributed by atoms with Crippen LogP contribution in [0.1, 0.15) is 42.9 Å². The summed E-state index contributed by atoms with van der Waals surface area (Å²) in [6.45, 7) is 0.806. The van der Waals surface area contributed by atoms with Crippen LogP contribution in [-0.2, 0) is 26.0 Å². The lowest BCUT2D eigenvalue weighted by molar-refractivity contribution is -0.377. The van der Waals surface area contributed by atoms with Gasteiger partial charge in [0.05, 0.1) is 18.6 Å². The number of hydrogen-bond acceptors (Lipinski definition) is 6. The Morgan fingerprint density at radius 3 is 2.45 bits per heavy atom. The number of methoxy groups -OCH3 is 1. The van der Waals surface area contributed by atoms with E-state index in [2.05, 4.69) is 4.98 Å². The van der Waals surface area contributed by atoms with Crippen LogP contribution in [0.15, 0.2) is 65.8 Å². The van der Waals surface area contributed by atoms with E-state index in [-0.39, 0.29) is 17.9 Å². The predicted octanol–water partition coefficient (Wildman–Crippen LogP) is 5.29. The molecule has 11 heteroatoms. The Balaban J connectivity index is 1.45. The number of aromatic nitrogens is 1. The van der Waals surface area contributed by atoms with Crippen molar-refractivity contribution in [1.29, 1.82) is 0 Å². The number of ether oxygens (including phenoxy) is 3. The summed E-state index contributed by atoms with van der Waals surface area (Å²) in [6, 6.07) is 12.5. The highest BCUT2D eigenvalue weighted by atomic mass is 35.5. The lowest BCUT2D eigenvalue weighted by Crippen LogP contribution is -2.41. The third-order valence-corrected chi connectivity index (χ3v) is 9.80. The third-order valence-electron chi connectivity index (χ3n) is 7.20. The van der Waals surface area contributed by atoms with Crippen LogP contribution >= 0.6 is 23.2 Å². The number of halogens is 2. The van der Waals surface area contributed by atoms with Gasteiger partial charge < -0.3 is 14.2 Å². The zero-order valence-corrected chi connectivity index (χ0v) is 24.3. The minimum absolute atomic E-state index is 0.137. The van der Waals surface area contributed by atoms with Crippen molar-refractivity contribution in [1.82, 2.24) is 4.31 Å². The standard InChI is InChI=1S/C29H30Cl2N2O6S/c1-37-26-12-11-20(14-28(26)38-18-19-9-10-19)27(15-22-23(30)16-32-17-24(22)31)39-29(34)25-8-5-13-33(25)40(35,36)21-6-3-2-4-7-21/h2-4,6-7,11-12,14,16-17,19,25,27H,5,8-10,13,15,18H2,1H3/p+1/t25-,27?/m0/s1. The molecule has 1 unspecified atom stereocenters. The van der Waals surface area contributed by atoms with Crippen molar-refractivity contribution in [2.24, 2.45) is 5.92 Å². The SMILES string of the molecule is COc1ccc(C(Cc2c(Cl)c[nH+]cc2Cl)OC(=O)[C@@H]2CCCN2S(=O)(=O)c2ccccc2)cc1OCC1CC1. The summed E-state index contributed by atoms with van der Waals surface area (Å²) in [5, 5.41) is 0.780.